The van der Waals surface area contributed by atoms with Gasteiger partial charge in [-0.3, -0.25) is 0 Å². The first-order chi connectivity index (χ1) is 8.11. The molecule has 0 saturated heterocycles. The van der Waals surface area contributed by atoms with Crippen molar-refractivity contribution in [3.8, 4) is 0 Å². The van der Waals surface area contributed by atoms with Crippen LogP contribution in [0.4, 0.5) is 0 Å². The molecule has 0 aromatic heterocycles. The molecule has 2 atom stereocenters. The highest BCUT2D eigenvalue weighted by Gasteiger charge is 2.37. The van der Waals surface area contributed by atoms with Crippen LogP contribution in [0.2, 0.25) is 0 Å². The van der Waals surface area contributed by atoms with Gasteiger partial charge in [-0.15, -0.1) is 0 Å². The molecule has 17 heavy (non-hydrogen) atoms. The second kappa shape index (κ2) is 5.96. The summed E-state index contributed by atoms with van der Waals surface area (Å²) in [5.41, 5.74) is 1.93. The Labute approximate surface area is 103 Å². The van der Waals surface area contributed by atoms with E-state index in [-0.39, 0.29) is 0 Å². The molecule has 0 bridgehead atoms. The van der Waals surface area contributed by atoms with Crippen molar-refractivity contribution < 1.29 is 14.6 Å². The van der Waals surface area contributed by atoms with Crippen LogP contribution in [0.25, 0.3) is 0 Å². The third-order valence-corrected chi connectivity index (χ3v) is 2.71. The Hall–Kier alpha value is -1.16. The molecule has 0 aromatic rings. The molecule has 1 rings (SSSR count). The average molecular weight is 236 g/mol. The zero-order valence-corrected chi connectivity index (χ0v) is 10.8. The molecular weight excluding hydrogens is 216 g/mol. The summed E-state index contributed by atoms with van der Waals surface area (Å²) in [4.78, 5) is 0. The highest BCUT2D eigenvalue weighted by atomic mass is 16.6. The van der Waals surface area contributed by atoms with Gasteiger partial charge in [-0.1, -0.05) is 24.3 Å². The molecule has 1 N–H and O–H groups in total. The average Bonchev–Trinajstić information content (AvgIpc) is 2.33. The van der Waals surface area contributed by atoms with Crippen LogP contribution in [0, 0.1) is 0 Å². The monoisotopic (exact) mass is 236 g/mol. The highest BCUT2D eigenvalue weighted by Crippen LogP contribution is 2.30. The van der Waals surface area contributed by atoms with Crippen LogP contribution >= 0.6 is 0 Å². The van der Waals surface area contributed by atoms with Gasteiger partial charge in [-0.05, 0) is 37.1 Å². The molecule has 0 radical (unpaired) electrons. The number of ether oxygens (including phenoxy) is 2. The van der Waals surface area contributed by atoms with Crippen LogP contribution in [-0.4, -0.2) is 31.2 Å². The number of aliphatic hydroxyl groups is 1. The van der Waals surface area contributed by atoms with Crippen molar-refractivity contribution in [2.45, 2.75) is 25.7 Å². The van der Waals surface area contributed by atoms with Crippen LogP contribution in [0.15, 0.2) is 47.6 Å². The minimum Gasteiger partial charge on any atom is -0.371 e. The molecule has 0 heterocycles. The van der Waals surface area contributed by atoms with Crippen LogP contribution in [-0.2, 0) is 9.47 Å². The van der Waals surface area contributed by atoms with Gasteiger partial charge >= 0.3 is 0 Å². The maximum Gasteiger partial charge on any atom is 0.216 e. The molecule has 0 saturated carbocycles. The summed E-state index contributed by atoms with van der Waals surface area (Å²) in [5, 5.41) is 10.3. The maximum absolute atomic E-state index is 10.3. The summed E-state index contributed by atoms with van der Waals surface area (Å²) < 4.78 is 10.4. The lowest BCUT2D eigenvalue weighted by Gasteiger charge is -2.33. The number of hydrogen-bond donors (Lipinski definition) is 1. The van der Waals surface area contributed by atoms with Crippen molar-refractivity contribution >= 4 is 0 Å². The van der Waals surface area contributed by atoms with Crippen molar-refractivity contribution in [2.24, 2.45) is 0 Å². The third-order valence-electron chi connectivity index (χ3n) is 2.71. The minimum atomic E-state index is -1.41. The normalized spacial score (nSPS) is 29.8. The highest BCUT2D eigenvalue weighted by molar-refractivity contribution is 5.51. The predicted molar refractivity (Wildman–Crippen MR) is 68.5 cm³/mol. The van der Waals surface area contributed by atoms with Gasteiger partial charge in [0.25, 0.3) is 0 Å². The van der Waals surface area contributed by atoms with Crippen LogP contribution in [0.3, 0.4) is 0 Å². The standard InChI is InChI=1S/C14H20O3/c1-5-7-11-9-13(16-3)14(15,17-4)10-12(11)8-6-2/h5-10,13,15H,1-4H3/b7-5+,8-6?. The van der Waals surface area contributed by atoms with Gasteiger partial charge in [0.05, 0.1) is 0 Å². The summed E-state index contributed by atoms with van der Waals surface area (Å²) >= 11 is 0. The molecule has 94 valence electrons. The zero-order chi connectivity index (χ0) is 12.9. The Morgan fingerprint density at radius 2 is 1.76 bits per heavy atom. The van der Waals surface area contributed by atoms with Gasteiger partial charge in [-0.2, -0.15) is 0 Å². The van der Waals surface area contributed by atoms with Gasteiger partial charge in [0.2, 0.25) is 5.79 Å². The Balaban J connectivity index is 3.20. The van der Waals surface area contributed by atoms with Gasteiger partial charge in [0.15, 0.2) is 0 Å². The third kappa shape index (κ3) is 2.94. The van der Waals surface area contributed by atoms with Crippen LogP contribution < -0.4 is 0 Å². The van der Waals surface area contributed by atoms with Crippen molar-refractivity contribution in [2.75, 3.05) is 14.2 Å². The van der Waals surface area contributed by atoms with E-state index in [9.17, 15) is 5.11 Å². The molecule has 0 amide bonds. The summed E-state index contributed by atoms with van der Waals surface area (Å²) in [5.74, 6) is -1.41. The van der Waals surface area contributed by atoms with Gasteiger partial charge in [0.1, 0.15) is 6.10 Å². The molecule has 3 nitrogen and oxygen atoms in total. The lowest BCUT2D eigenvalue weighted by atomic mass is 9.91. The van der Waals surface area contributed by atoms with Crippen molar-refractivity contribution in [1.29, 1.82) is 0 Å². The number of rotatable bonds is 4. The molecular formula is C14H20O3. The number of hydrogen-bond acceptors (Lipinski definition) is 3. The Bertz CT molecular complexity index is 377. The Morgan fingerprint density at radius 3 is 2.24 bits per heavy atom. The molecule has 0 fully saturated rings. The Kier molecular flexibility index (Phi) is 4.87. The number of methoxy groups -OCH3 is 2. The topological polar surface area (TPSA) is 38.7 Å². The van der Waals surface area contributed by atoms with E-state index in [1.165, 1.54) is 7.11 Å². The van der Waals surface area contributed by atoms with E-state index in [0.29, 0.717) is 0 Å². The minimum absolute atomic E-state index is 0.507. The summed E-state index contributed by atoms with van der Waals surface area (Å²) in [7, 11) is 3.01. The van der Waals surface area contributed by atoms with E-state index in [0.717, 1.165) is 11.1 Å². The number of allylic oxidation sites excluding steroid dienone is 6. The SMILES string of the molecule is CC=CC1=CC(O)(OC)C(OC)C=C1/C=C/C. The van der Waals surface area contributed by atoms with E-state index in [2.05, 4.69) is 0 Å². The van der Waals surface area contributed by atoms with E-state index in [4.69, 9.17) is 9.47 Å². The van der Waals surface area contributed by atoms with Crippen LogP contribution in [0.1, 0.15) is 13.8 Å². The van der Waals surface area contributed by atoms with Crippen LogP contribution in [0.5, 0.6) is 0 Å². The second-order valence-corrected chi connectivity index (χ2v) is 3.83. The molecule has 1 aliphatic carbocycles. The fourth-order valence-corrected chi connectivity index (χ4v) is 1.83. The second-order valence-electron chi connectivity index (χ2n) is 3.83. The fraction of sp³-hybridized carbons (Fsp3) is 0.429. The largest absolute Gasteiger partial charge is 0.371 e. The fourth-order valence-electron chi connectivity index (χ4n) is 1.83. The van der Waals surface area contributed by atoms with E-state index in [1.54, 1.807) is 13.2 Å². The molecule has 1 aliphatic rings. The molecule has 2 unspecified atom stereocenters. The molecule has 0 spiro atoms. The lowest BCUT2D eigenvalue weighted by molar-refractivity contribution is -0.203. The lowest BCUT2D eigenvalue weighted by Crippen LogP contribution is -2.44. The first kappa shape index (κ1) is 13.9. The quantitative estimate of drug-likeness (QED) is 0.761. The molecule has 0 aromatic carbocycles. The van der Waals surface area contributed by atoms with Crippen molar-refractivity contribution in [3.05, 3.63) is 47.6 Å². The predicted octanol–water partition coefficient (Wildman–Crippen LogP) is 2.36. The maximum atomic E-state index is 10.3. The zero-order valence-electron chi connectivity index (χ0n) is 10.8. The van der Waals surface area contributed by atoms with Gasteiger partial charge in [0, 0.05) is 14.2 Å². The molecule has 3 heteroatoms. The Morgan fingerprint density at radius 1 is 1.18 bits per heavy atom. The van der Waals surface area contributed by atoms with Crippen molar-refractivity contribution in [3.63, 3.8) is 0 Å². The van der Waals surface area contributed by atoms with Crippen molar-refractivity contribution in [1.82, 2.24) is 0 Å². The summed E-state index contributed by atoms with van der Waals surface area (Å²) in [6, 6.07) is 0. The summed E-state index contributed by atoms with van der Waals surface area (Å²) in [6.45, 7) is 3.88. The first-order valence-corrected chi connectivity index (χ1v) is 5.62. The van der Waals surface area contributed by atoms with Gasteiger partial charge < -0.3 is 14.6 Å². The first-order valence-electron chi connectivity index (χ1n) is 5.62. The summed E-state index contributed by atoms with van der Waals surface area (Å²) in [6.07, 6.45) is 10.8. The van der Waals surface area contributed by atoms with E-state index in [1.807, 2.05) is 44.2 Å². The van der Waals surface area contributed by atoms with E-state index >= 15 is 0 Å². The smallest absolute Gasteiger partial charge is 0.216 e. The molecule has 0 aliphatic heterocycles. The van der Waals surface area contributed by atoms with E-state index < -0.39 is 11.9 Å². The van der Waals surface area contributed by atoms with Gasteiger partial charge in [-0.25, -0.2) is 0 Å².